The minimum Gasteiger partial charge on any atom is -0.303 e. The van der Waals surface area contributed by atoms with Crippen molar-refractivity contribution in [3.05, 3.63) is 0 Å². The standard InChI is InChI=1S/C12H24N2/c1-4-9-14(3)12-8-6-5-7-11(12)10-13-2/h10-12H,4-9H2,1-3H3/t11?,12-/m0/s1. The van der Waals surface area contributed by atoms with Crippen LogP contribution in [0, 0.1) is 5.92 Å². The van der Waals surface area contributed by atoms with Crippen molar-refractivity contribution in [2.75, 3.05) is 20.6 Å². The largest absolute Gasteiger partial charge is 0.303 e. The molecule has 0 aromatic carbocycles. The molecule has 2 atom stereocenters. The molecule has 14 heavy (non-hydrogen) atoms. The van der Waals surface area contributed by atoms with Crippen LogP contribution >= 0.6 is 0 Å². The van der Waals surface area contributed by atoms with Crippen molar-refractivity contribution < 1.29 is 0 Å². The van der Waals surface area contributed by atoms with Gasteiger partial charge in [0.1, 0.15) is 0 Å². The molecule has 0 saturated heterocycles. The second-order valence-corrected chi connectivity index (χ2v) is 4.40. The van der Waals surface area contributed by atoms with Crippen molar-refractivity contribution in [2.45, 2.75) is 45.1 Å². The smallest absolute Gasteiger partial charge is 0.0273 e. The Morgan fingerprint density at radius 3 is 2.71 bits per heavy atom. The van der Waals surface area contributed by atoms with E-state index in [1.54, 1.807) is 0 Å². The number of aliphatic imine (C=N–C) groups is 1. The van der Waals surface area contributed by atoms with E-state index in [0.717, 1.165) is 6.04 Å². The number of nitrogens with zero attached hydrogens (tertiary/aromatic N) is 2. The van der Waals surface area contributed by atoms with Crippen molar-refractivity contribution >= 4 is 6.21 Å². The summed E-state index contributed by atoms with van der Waals surface area (Å²) in [7, 11) is 4.15. The molecule has 0 heterocycles. The monoisotopic (exact) mass is 196 g/mol. The summed E-state index contributed by atoms with van der Waals surface area (Å²) in [5.41, 5.74) is 0. The molecule has 0 spiro atoms. The molecule has 2 heteroatoms. The predicted octanol–water partition coefficient (Wildman–Crippen LogP) is 2.59. The van der Waals surface area contributed by atoms with E-state index in [0.29, 0.717) is 5.92 Å². The molecule has 1 rings (SSSR count). The van der Waals surface area contributed by atoms with Crippen LogP contribution in [-0.4, -0.2) is 37.8 Å². The summed E-state index contributed by atoms with van der Waals surface area (Å²) in [5, 5.41) is 0. The molecule has 2 nitrogen and oxygen atoms in total. The summed E-state index contributed by atoms with van der Waals surface area (Å²) in [6.07, 6.45) is 8.88. The van der Waals surface area contributed by atoms with Crippen LogP contribution in [0.25, 0.3) is 0 Å². The number of rotatable bonds is 4. The average Bonchev–Trinajstić information content (AvgIpc) is 2.19. The molecule has 0 amide bonds. The van der Waals surface area contributed by atoms with Gasteiger partial charge in [0.05, 0.1) is 0 Å². The topological polar surface area (TPSA) is 15.6 Å². The van der Waals surface area contributed by atoms with Gasteiger partial charge in [0.2, 0.25) is 0 Å². The summed E-state index contributed by atoms with van der Waals surface area (Å²) in [6, 6.07) is 0.743. The van der Waals surface area contributed by atoms with Crippen LogP contribution in [0.3, 0.4) is 0 Å². The Hall–Kier alpha value is -0.370. The van der Waals surface area contributed by atoms with E-state index in [1.165, 1.54) is 38.6 Å². The zero-order valence-corrected chi connectivity index (χ0v) is 9.87. The normalized spacial score (nSPS) is 28.9. The first kappa shape index (κ1) is 11.7. The molecule has 0 aromatic heterocycles. The Bertz CT molecular complexity index is 177. The van der Waals surface area contributed by atoms with Gasteiger partial charge >= 0.3 is 0 Å². The second kappa shape index (κ2) is 6.18. The Morgan fingerprint density at radius 1 is 1.36 bits per heavy atom. The molecule has 1 unspecified atom stereocenters. The maximum atomic E-state index is 4.20. The first-order valence-corrected chi connectivity index (χ1v) is 5.92. The lowest BCUT2D eigenvalue weighted by Crippen LogP contribution is -2.41. The summed E-state index contributed by atoms with van der Waals surface area (Å²) in [5.74, 6) is 0.699. The molecule has 1 aliphatic carbocycles. The van der Waals surface area contributed by atoms with E-state index in [4.69, 9.17) is 0 Å². The molecule has 82 valence electrons. The van der Waals surface area contributed by atoms with Gasteiger partial charge in [0.25, 0.3) is 0 Å². The first-order chi connectivity index (χ1) is 6.79. The van der Waals surface area contributed by atoms with E-state index in [1.807, 2.05) is 7.05 Å². The van der Waals surface area contributed by atoms with Crippen molar-refractivity contribution in [3.8, 4) is 0 Å². The Kier molecular flexibility index (Phi) is 5.16. The highest BCUT2D eigenvalue weighted by atomic mass is 15.1. The fraction of sp³-hybridized carbons (Fsp3) is 0.917. The van der Waals surface area contributed by atoms with Gasteiger partial charge in [-0.1, -0.05) is 19.8 Å². The van der Waals surface area contributed by atoms with Crippen molar-refractivity contribution in [1.29, 1.82) is 0 Å². The first-order valence-electron chi connectivity index (χ1n) is 5.92. The summed E-state index contributed by atoms with van der Waals surface area (Å²) in [6.45, 7) is 3.47. The van der Waals surface area contributed by atoms with Crippen molar-refractivity contribution in [1.82, 2.24) is 4.90 Å². The van der Waals surface area contributed by atoms with Crippen LogP contribution in [0.2, 0.25) is 0 Å². The molecule has 1 saturated carbocycles. The van der Waals surface area contributed by atoms with Crippen LogP contribution in [0.15, 0.2) is 4.99 Å². The molecule has 0 bridgehead atoms. The molecule has 0 aromatic rings. The van der Waals surface area contributed by atoms with Crippen molar-refractivity contribution in [3.63, 3.8) is 0 Å². The number of hydrogen-bond donors (Lipinski definition) is 0. The molecular weight excluding hydrogens is 172 g/mol. The molecule has 0 aliphatic heterocycles. The Balaban J connectivity index is 2.52. The summed E-state index contributed by atoms with van der Waals surface area (Å²) < 4.78 is 0. The summed E-state index contributed by atoms with van der Waals surface area (Å²) >= 11 is 0. The number of hydrogen-bond acceptors (Lipinski definition) is 2. The third kappa shape index (κ3) is 3.09. The average molecular weight is 196 g/mol. The van der Waals surface area contributed by atoms with Crippen LogP contribution in [0.1, 0.15) is 39.0 Å². The zero-order valence-electron chi connectivity index (χ0n) is 9.87. The van der Waals surface area contributed by atoms with Crippen LogP contribution in [-0.2, 0) is 0 Å². The predicted molar refractivity (Wildman–Crippen MR) is 63.1 cm³/mol. The maximum absolute atomic E-state index is 4.20. The fourth-order valence-corrected chi connectivity index (χ4v) is 2.57. The minimum atomic E-state index is 0.699. The van der Waals surface area contributed by atoms with E-state index in [9.17, 15) is 0 Å². The lowest BCUT2D eigenvalue weighted by molar-refractivity contribution is 0.165. The molecule has 0 radical (unpaired) electrons. The maximum Gasteiger partial charge on any atom is 0.0273 e. The highest BCUT2D eigenvalue weighted by Crippen LogP contribution is 2.26. The third-order valence-electron chi connectivity index (χ3n) is 3.26. The van der Waals surface area contributed by atoms with E-state index in [-0.39, 0.29) is 0 Å². The van der Waals surface area contributed by atoms with Gasteiger partial charge in [-0.05, 0) is 32.9 Å². The highest BCUT2D eigenvalue weighted by molar-refractivity contribution is 5.61. The van der Waals surface area contributed by atoms with E-state index < -0.39 is 0 Å². The molecule has 0 N–H and O–H groups in total. The highest BCUT2D eigenvalue weighted by Gasteiger charge is 2.26. The van der Waals surface area contributed by atoms with E-state index >= 15 is 0 Å². The van der Waals surface area contributed by atoms with Gasteiger partial charge in [-0.15, -0.1) is 0 Å². The quantitative estimate of drug-likeness (QED) is 0.631. The molecular formula is C12H24N2. The van der Waals surface area contributed by atoms with Gasteiger partial charge in [0.15, 0.2) is 0 Å². The summed E-state index contributed by atoms with van der Waals surface area (Å²) in [4.78, 5) is 6.72. The van der Waals surface area contributed by atoms with E-state index in [2.05, 4.69) is 30.1 Å². The molecule has 1 fully saturated rings. The third-order valence-corrected chi connectivity index (χ3v) is 3.26. The minimum absolute atomic E-state index is 0.699. The Labute approximate surface area is 88.4 Å². The zero-order chi connectivity index (χ0) is 10.4. The van der Waals surface area contributed by atoms with Crippen LogP contribution in [0.4, 0.5) is 0 Å². The van der Waals surface area contributed by atoms with Crippen LogP contribution < -0.4 is 0 Å². The fourth-order valence-electron chi connectivity index (χ4n) is 2.57. The second-order valence-electron chi connectivity index (χ2n) is 4.40. The Morgan fingerprint density at radius 2 is 2.07 bits per heavy atom. The van der Waals surface area contributed by atoms with Crippen molar-refractivity contribution in [2.24, 2.45) is 10.9 Å². The van der Waals surface area contributed by atoms with Gasteiger partial charge in [-0.2, -0.15) is 0 Å². The lowest BCUT2D eigenvalue weighted by atomic mass is 9.84. The van der Waals surface area contributed by atoms with Gasteiger partial charge < -0.3 is 9.89 Å². The van der Waals surface area contributed by atoms with Crippen LogP contribution in [0.5, 0.6) is 0 Å². The van der Waals surface area contributed by atoms with Gasteiger partial charge in [-0.25, -0.2) is 0 Å². The molecule has 1 aliphatic rings. The van der Waals surface area contributed by atoms with Gasteiger partial charge in [-0.3, -0.25) is 0 Å². The lowest BCUT2D eigenvalue weighted by Gasteiger charge is -2.36. The SMILES string of the molecule is CCCN(C)[C@H]1CCCCC1C=NC. The van der Waals surface area contributed by atoms with Gasteiger partial charge in [0, 0.05) is 25.2 Å².